The van der Waals surface area contributed by atoms with Crippen molar-refractivity contribution >= 4 is 11.8 Å². The predicted molar refractivity (Wildman–Crippen MR) is 78.0 cm³/mol. The average molecular weight is 265 g/mol. The van der Waals surface area contributed by atoms with Crippen molar-refractivity contribution in [2.24, 2.45) is 5.92 Å². The van der Waals surface area contributed by atoms with Gasteiger partial charge < -0.3 is 10.4 Å². The van der Waals surface area contributed by atoms with E-state index in [1.54, 1.807) is 0 Å². The van der Waals surface area contributed by atoms with Crippen LogP contribution < -0.4 is 5.32 Å². The molecule has 0 amide bonds. The summed E-state index contributed by atoms with van der Waals surface area (Å²) in [5, 5.41) is 14.3. The molecule has 2 unspecified atom stereocenters. The molecule has 18 heavy (non-hydrogen) atoms. The summed E-state index contributed by atoms with van der Waals surface area (Å²) in [6.45, 7) is 6.42. The van der Waals surface area contributed by atoms with Gasteiger partial charge in [-0.25, -0.2) is 0 Å². The molecule has 1 saturated heterocycles. The normalized spacial score (nSPS) is 22.1. The van der Waals surface area contributed by atoms with Gasteiger partial charge in [-0.2, -0.15) is 0 Å². The van der Waals surface area contributed by atoms with Gasteiger partial charge in [-0.3, -0.25) is 0 Å². The minimum atomic E-state index is -0.323. The number of hydrogen-bond donors (Lipinski definition) is 2. The lowest BCUT2D eigenvalue weighted by atomic mass is 9.89. The van der Waals surface area contributed by atoms with Gasteiger partial charge in [0.2, 0.25) is 0 Å². The van der Waals surface area contributed by atoms with Gasteiger partial charge in [0.15, 0.2) is 0 Å². The SMILES string of the molecule is CC(C)Sc1ccc(C(O)C2CCCNC2)cc1. The molecule has 1 aromatic rings. The highest BCUT2D eigenvalue weighted by atomic mass is 32.2. The van der Waals surface area contributed by atoms with Crippen molar-refractivity contribution in [3.8, 4) is 0 Å². The second-order valence-electron chi connectivity index (χ2n) is 5.29. The molecule has 1 fully saturated rings. The van der Waals surface area contributed by atoms with Crippen molar-refractivity contribution in [2.45, 2.75) is 42.9 Å². The molecule has 0 bridgehead atoms. The molecule has 2 N–H and O–H groups in total. The van der Waals surface area contributed by atoms with Crippen LogP contribution in [0.4, 0.5) is 0 Å². The molecule has 0 radical (unpaired) electrons. The first kappa shape index (κ1) is 13.9. The van der Waals surface area contributed by atoms with E-state index in [9.17, 15) is 5.11 Å². The molecule has 2 rings (SSSR count). The van der Waals surface area contributed by atoms with Crippen LogP contribution in [0.2, 0.25) is 0 Å². The molecule has 0 saturated carbocycles. The number of aliphatic hydroxyl groups excluding tert-OH is 1. The molecule has 1 aliphatic heterocycles. The minimum Gasteiger partial charge on any atom is -0.388 e. The number of thioether (sulfide) groups is 1. The first-order chi connectivity index (χ1) is 8.66. The van der Waals surface area contributed by atoms with Crippen molar-refractivity contribution in [1.82, 2.24) is 5.32 Å². The quantitative estimate of drug-likeness (QED) is 0.820. The third-order valence-corrected chi connectivity index (χ3v) is 4.39. The Morgan fingerprint density at radius 3 is 2.56 bits per heavy atom. The van der Waals surface area contributed by atoms with E-state index in [1.165, 1.54) is 11.3 Å². The summed E-state index contributed by atoms with van der Waals surface area (Å²) < 4.78 is 0. The maximum absolute atomic E-state index is 10.4. The Morgan fingerprint density at radius 1 is 1.28 bits per heavy atom. The fraction of sp³-hybridized carbons (Fsp3) is 0.600. The molecule has 3 heteroatoms. The number of rotatable bonds is 4. The maximum atomic E-state index is 10.4. The zero-order valence-electron chi connectivity index (χ0n) is 11.2. The third kappa shape index (κ3) is 3.74. The van der Waals surface area contributed by atoms with Crippen molar-refractivity contribution in [3.05, 3.63) is 29.8 Å². The lowest BCUT2D eigenvalue weighted by molar-refractivity contribution is 0.0921. The van der Waals surface area contributed by atoms with Crippen molar-refractivity contribution in [3.63, 3.8) is 0 Å². The molecule has 2 nitrogen and oxygen atoms in total. The summed E-state index contributed by atoms with van der Waals surface area (Å²) in [5.74, 6) is 0.363. The summed E-state index contributed by atoms with van der Waals surface area (Å²) in [5.41, 5.74) is 1.05. The Labute approximate surface area is 114 Å². The number of hydrogen-bond acceptors (Lipinski definition) is 3. The standard InChI is InChI=1S/C15H23NOS/c1-11(2)18-14-7-5-12(6-8-14)15(17)13-4-3-9-16-10-13/h5-8,11,13,15-17H,3-4,9-10H2,1-2H3. The van der Waals surface area contributed by atoms with Gasteiger partial charge in [-0.15, -0.1) is 11.8 Å². The lowest BCUT2D eigenvalue weighted by Crippen LogP contribution is -2.33. The van der Waals surface area contributed by atoms with Crippen LogP contribution in [0.15, 0.2) is 29.2 Å². The van der Waals surface area contributed by atoms with Crippen molar-refractivity contribution in [1.29, 1.82) is 0 Å². The Kier molecular flexibility index (Phi) is 5.10. The molecule has 2 atom stereocenters. The van der Waals surface area contributed by atoms with Gasteiger partial charge >= 0.3 is 0 Å². The van der Waals surface area contributed by atoms with Gasteiger partial charge in [-0.1, -0.05) is 26.0 Å². The van der Waals surface area contributed by atoms with Crippen LogP contribution in [-0.4, -0.2) is 23.4 Å². The van der Waals surface area contributed by atoms with Gasteiger partial charge in [0.25, 0.3) is 0 Å². The summed E-state index contributed by atoms with van der Waals surface area (Å²) in [6.07, 6.45) is 1.97. The summed E-state index contributed by atoms with van der Waals surface area (Å²) in [7, 11) is 0. The van der Waals surface area contributed by atoms with E-state index in [1.807, 2.05) is 11.8 Å². The van der Waals surface area contributed by atoms with Gasteiger partial charge in [-0.05, 0) is 37.1 Å². The fourth-order valence-corrected chi connectivity index (χ4v) is 3.27. The number of nitrogens with one attached hydrogen (secondary N) is 1. The predicted octanol–water partition coefficient (Wildman–Crippen LogP) is 3.22. The van der Waals surface area contributed by atoms with Crippen LogP contribution in [-0.2, 0) is 0 Å². The minimum absolute atomic E-state index is 0.323. The summed E-state index contributed by atoms with van der Waals surface area (Å²) >= 11 is 1.86. The average Bonchev–Trinajstić information content (AvgIpc) is 2.39. The van der Waals surface area contributed by atoms with E-state index < -0.39 is 0 Å². The molecule has 1 heterocycles. The van der Waals surface area contributed by atoms with E-state index in [2.05, 4.69) is 43.4 Å². The summed E-state index contributed by atoms with van der Waals surface area (Å²) in [4.78, 5) is 1.28. The molecule has 0 spiro atoms. The third-order valence-electron chi connectivity index (χ3n) is 3.37. The van der Waals surface area contributed by atoms with Crippen LogP contribution >= 0.6 is 11.8 Å². The highest BCUT2D eigenvalue weighted by Gasteiger charge is 2.22. The van der Waals surface area contributed by atoms with E-state index in [0.29, 0.717) is 11.2 Å². The Bertz CT molecular complexity index is 357. The van der Waals surface area contributed by atoms with Crippen LogP contribution in [0.5, 0.6) is 0 Å². The Morgan fingerprint density at radius 2 is 2.00 bits per heavy atom. The molecule has 1 aromatic carbocycles. The van der Waals surface area contributed by atoms with E-state index in [0.717, 1.165) is 25.1 Å². The van der Waals surface area contributed by atoms with E-state index >= 15 is 0 Å². The smallest absolute Gasteiger partial charge is 0.0830 e. The number of piperidine rings is 1. The van der Waals surface area contributed by atoms with Crippen molar-refractivity contribution < 1.29 is 5.11 Å². The number of aliphatic hydroxyl groups is 1. The van der Waals surface area contributed by atoms with Gasteiger partial charge in [0.1, 0.15) is 0 Å². The second-order valence-corrected chi connectivity index (χ2v) is 6.94. The Hall–Kier alpha value is -0.510. The molecule has 0 aliphatic carbocycles. The molecular formula is C15H23NOS. The van der Waals surface area contributed by atoms with E-state index in [4.69, 9.17) is 0 Å². The fourth-order valence-electron chi connectivity index (χ4n) is 2.44. The second kappa shape index (κ2) is 6.60. The maximum Gasteiger partial charge on any atom is 0.0830 e. The lowest BCUT2D eigenvalue weighted by Gasteiger charge is -2.27. The number of benzene rings is 1. The largest absolute Gasteiger partial charge is 0.388 e. The van der Waals surface area contributed by atoms with Gasteiger partial charge in [0, 0.05) is 22.6 Å². The van der Waals surface area contributed by atoms with Crippen LogP contribution in [0.1, 0.15) is 38.4 Å². The molecule has 100 valence electrons. The Balaban J connectivity index is 1.99. The molecule has 0 aromatic heterocycles. The summed E-state index contributed by atoms with van der Waals surface area (Å²) in [6, 6.07) is 8.40. The van der Waals surface area contributed by atoms with Gasteiger partial charge in [0.05, 0.1) is 6.10 Å². The highest BCUT2D eigenvalue weighted by Crippen LogP contribution is 2.29. The highest BCUT2D eigenvalue weighted by molar-refractivity contribution is 7.99. The van der Waals surface area contributed by atoms with E-state index in [-0.39, 0.29) is 6.10 Å². The monoisotopic (exact) mass is 265 g/mol. The van der Waals surface area contributed by atoms with Crippen LogP contribution in [0.25, 0.3) is 0 Å². The van der Waals surface area contributed by atoms with Crippen LogP contribution in [0.3, 0.4) is 0 Å². The first-order valence-electron chi connectivity index (χ1n) is 6.82. The van der Waals surface area contributed by atoms with Crippen molar-refractivity contribution in [2.75, 3.05) is 13.1 Å². The zero-order valence-corrected chi connectivity index (χ0v) is 12.0. The van der Waals surface area contributed by atoms with Crippen LogP contribution in [0, 0.1) is 5.92 Å². The zero-order chi connectivity index (χ0) is 13.0. The molecular weight excluding hydrogens is 242 g/mol. The first-order valence-corrected chi connectivity index (χ1v) is 7.70. The molecule has 1 aliphatic rings. The topological polar surface area (TPSA) is 32.3 Å².